The average molecular weight is 508 g/mol. The summed E-state index contributed by atoms with van der Waals surface area (Å²) in [4.78, 5) is 38.5. The smallest absolute Gasteiger partial charge is 0.269 e. The molecule has 0 spiro atoms. The summed E-state index contributed by atoms with van der Waals surface area (Å²) in [7, 11) is 1.54. The largest absolute Gasteiger partial charge is 0.354 e. The van der Waals surface area contributed by atoms with Crippen LogP contribution in [0.3, 0.4) is 0 Å². The number of alkyl halides is 2. The lowest BCUT2D eigenvalue weighted by Crippen LogP contribution is -2.64. The summed E-state index contributed by atoms with van der Waals surface area (Å²) < 4.78 is 28.3. The summed E-state index contributed by atoms with van der Waals surface area (Å²) >= 11 is 0. The first-order valence-corrected chi connectivity index (χ1v) is 11.5. The lowest BCUT2D eigenvalue weighted by atomic mass is 9.86. The van der Waals surface area contributed by atoms with Gasteiger partial charge in [0.15, 0.2) is 0 Å². The molecule has 1 aliphatic carbocycles. The highest BCUT2D eigenvalue weighted by molar-refractivity contribution is 5.93. The van der Waals surface area contributed by atoms with E-state index in [-0.39, 0.29) is 25.4 Å². The number of likely N-dealkylation sites (tertiary alicyclic amines) is 1. The van der Waals surface area contributed by atoms with Crippen molar-refractivity contribution in [3.8, 4) is 17.3 Å². The second-order valence-corrected chi connectivity index (χ2v) is 9.30. The highest BCUT2D eigenvalue weighted by Gasteiger charge is 2.64. The molecule has 2 aliphatic rings. The molecule has 2 amide bonds. The Balaban J connectivity index is 1.31. The minimum absolute atomic E-state index is 0.0773. The Morgan fingerprint density at radius 3 is 2.68 bits per heavy atom. The number of hydrogen-bond donors (Lipinski definition) is 2. The topological polar surface area (TPSA) is 142 Å². The van der Waals surface area contributed by atoms with Crippen molar-refractivity contribution in [1.82, 2.24) is 34.9 Å². The van der Waals surface area contributed by atoms with E-state index in [9.17, 15) is 23.6 Å². The second kappa shape index (κ2) is 8.88. The van der Waals surface area contributed by atoms with E-state index in [2.05, 4.69) is 36.8 Å². The Bertz CT molecular complexity index is 1430. The third-order valence-electron chi connectivity index (χ3n) is 6.61. The van der Waals surface area contributed by atoms with E-state index in [1.165, 1.54) is 18.1 Å². The van der Waals surface area contributed by atoms with Crippen LogP contribution in [-0.4, -0.2) is 67.5 Å². The number of carbonyl (C=O) groups is 2. The highest BCUT2D eigenvalue weighted by Crippen LogP contribution is 2.50. The number of aryl methyl sites for hydroxylation is 1. The minimum Gasteiger partial charge on any atom is -0.354 e. The summed E-state index contributed by atoms with van der Waals surface area (Å²) in [5, 5.41) is 19.4. The number of rotatable bonds is 7. The number of carbonyl (C=O) groups excluding carboxylic acids is 2. The van der Waals surface area contributed by atoms with Crippen LogP contribution < -0.4 is 10.6 Å². The van der Waals surface area contributed by atoms with E-state index in [0.29, 0.717) is 34.2 Å². The van der Waals surface area contributed by atoms with Crippen LogP contribution in [-0.2, 0) is 10.3 Å². The van der Waals surface area contributed by atoms with Crippen LogP contribution in [0.25, 0.3) is 11.3 Å². The van der Waals surface area contributed by atoms with Gasteiger partial charge in [-0.1, -0.05) is 0 Å². The Labute approximate surface area is 210 Å². The fourth-order valence-corrected chi connectivity index (χ4v) is 4.43. The van der Waals surface area contributed by atoms with Gasteiger partial charge in [-0.15, -0.1) is 0 Å². The first kappa shape index (κ1) is 24.2. The molecule has 3 aromatic heterocycles. The van der Waals surface area contributed by atoms with Crippen LogP contribution in [0.4, 0.5) is 20.4 Å². The van der Waals surface area contributed by atoms with E-state index in [4.69, 9.17) is 0 Å². The van der Waals surface area contributed by atoms with Crippen LogP contribution in [0.2, 0.25) is 0 Å². The molecule has 0 bridgehead atoms. The maximum absolute atomic E-state index is 13.3. The predicted molar refractivity (Wildman–Crippen MR) is 127 cm³/mol. The van der Waals surface area contributed by atoms with Crippen LogP contribution in [0.5, 0.6) is 0 Å². The summed E-state index contributed by atoms with van der Waals surface area (Å²) in [6.45, 7) is 2.06. The molecule has 190 valence electrons. The molecule has 5 rings (SSSR count). The van der Waals surface area contributed by atoms with Crippen LogP contribution in [0.15, 0.2) is 36.9 Å². The quantitative estimate of drug-likeness (QED) is 0.496. The molecule has 3 aromatic rings. The average Bonchev–Trinajstić information content (AvgIpc) is 3.24. The molecule has 1 saturated heterocycles. The maximum Gasteiger partial charge on any atom is 0.269 e. The predicted octanol–water partition coefficient (Wildman–Crippen LogP) is 2.25. The number of nitrogens with one attached hydrogen (secondary N) is 2. The molecule has 4 heterocycles. The van der Waals surface area contributed by atoms with Gasteiger partial charge in [-0.3, -0.25) is 14.3 Å². The monoisotopic (exact) mass is 507 g/mol. The standard InChI is InChI=1S/C24H23F2N9O2/c1-14-7-16(10-30-19(14)20(36)28-2)32-22-29-6-3-18(33-22)15-9-31-35(11-15)23(4-5-27)12-34(13-23)21(37)17-8-24(17,25)26/h3,6-7,9-11,17H,4,8,12-13H2,1-2H3,(H,28,36)(H,29,32,33)/t17-/m0/s1. The number of anilines is 2. The first-order valence-electron chi connectivity index (χ1n) is 11.5. The Hall–Kier alpha value is -4.47. The molecular weight excluding hydrogens is 484 g/mol. The van der Waals surface area contributed by atoms with Gasteiger partial charge >= 0.3 is 0 Å². The molecule has 0 radical (unpaired) electrons. The lowest BCUT2D eigenvalue weighted by Gasteiger charge is -2.49. The van der Waals surface area contributed by atoms with Crippen molar-refractivity contribution in [2.24, 2.45) is 5.92 Å². The molecule has 0 unspecified atom stereocenters. The SMILES string of the molecule is CNC(=O)c1ncc(Nc2nccc(-c3cnn(C4(CC#N)CN(C(=O)[C@@H]5CC5(F)F)C4)c3)n2)cc1C. The van der Waals surface area contributed by atoms with Crippen molar-refractivity contribution in [2.75, 3.05) is 25.5 Å². The Morgan fingerprint density at radius 2 is 2.03 bits per heavy atom. The van der Waals surface area contributed by atoms with Gasteiger partial charge in [-0.2, -0.15) is 10.4 Å². The fourth-order valence-electron chi connectivity index (χ4n) is 4.43. The molecule has 1 saturated carbocycles. The summed E-state index contributed by atoms with van der Waals surface area (Å²) in [5.41, 5.74) is 2.05. The number of halogens is 2. The summed E-state index contributed by atoms with van der Waals surface area (Å²) in [6.07, 6.45) is 6.06. The molecule has 2 N–H and O–H groups in total. The van der Waals surface area contributed by atoms with Gasteiger partial charge < -0.3 is 15.5 Å². The number of pyridine rings is 1. The van der Waals surface area contributed by atoms with Gasteiger partial charge in [-0.05, 0) is 24.6 Å². The zero-order valence-corrected chi connectivity index (χ0v) is 20.1. The fraction of sp³-hybridized carbons (Fsp3) is 0.375. The van der Waals surface area contributed by atoms with Crippen LogP contribution in [0, 0.1) is 24.2 Å². The molecule has 13 heteroatoms. The van der Waals surface area contributed by atoms with Gasteiger partial charge in [0.25, 0.3) is 11.8 Å². The summed E-state index contributed by atoms with van der Waals surface area (Å²) in [5.74, 6) is -4.74. The van der Waals surface area contributed by atoms with Crippen LogP contribution >= 0.6 is 0 Å². The third-order valence-corrected chi connectivity index (χ3v) is 6.61. The van der Waals surface area contributed by atoms with Crippen molar-refractivity contribution >= 4 is 23.5 Å². The van der Waals surface area contributed by atoms with E-state index in [1.54, 1.807) is 42.3 Å². The zero-order valence-electron chi connectivity index (χ0n) is 20.1. The number of nitrogens with zero attached hydrogens (tertiary/aromatic N) is 7. The normalized spacial score (nSPS) is 18.9. The second-order valence-electron chi connectivity index (χ2n) is 9.30. The Kier molecular flexibility index (Phi) is 5.82. The van der Waals surface area contributed by atoms with E-state index >= 15 is 0 Å². The van der Waals surface area contributed by atoms with E-state index in [0.717, 1.165) is 0 Å². The minimum atomic E-state index is -2.93. The van der Waals surface area contributed by atoms with Crippen molar-refractivity contribution < 1.29 is 18.4 Å². The lowest BCUT2D eigenvalue weighted by molar-refractivity contribution is -0.146. The van der Waals surface area contributed by atoms with Gasteiger partial charge in [0.05, 0.1) is 36.3 Å². The third kappa shape index (κ3) is 4.46. The summed E-state index contributed by atoms with van der Waals surface area (Å²) in [6, 6.07) is 5.58. The number of hydrogen-bond acceptors (Lipinski definition) is 8. The van der Waals surface area contributed by atoms with Crippen molar-refractivity contribution in [1.29, 1.82) is 5.26 Å². The van der Waals surface area contributed by atoms with Gasteiger partial charge in [0, 0.05) is 44.5 Å². The van der Waals surface area contributed by atoms with Gasteiger partial charge in [-0.25, -0.2) is 23.7 Å². The Morgan fingerprint density at radius 1 is 1.27 bits per heavy atom. The van der Waals surface area contributed by atoms with Crippen molar-refractivity contribution in [3.63, 3.8) is 0 Å². The van der Waals surface area contributed by atoms with Gasteiger partial charge in [0.1, 0.15) is 17.2 Å². The molecular formula is C24H23F2N9O2. The molecule has 11 nitrogen and oxygen atoms in total. The molecule has 1 atom stereocenters. The van der Waals surface area contributed by atoms with E-state index in [1.807, 2.05) is 0 Å². The molecule has 0 aromatic carbocycles. The van der Waals surface area contributed by atoms with Crippen molar-refractivity contribution in [2.45, 2.75) is 31.2 Å². The first-order chi connectivity index (χ1) is 17.7. The van der Waals surface area contributed by atoms with Crippen molar-refractivity contribution in [3.05, 3.63) is 48.2 Å². The molecule has 2 fully saturated rings. The maximum atomic E-state index is 13.3. The number of amides is 2. The highest BCUT2D eigenvalue weighted by atomic mass is 19.3. The number of aromatic nitrogens is 5. The van der Waals surface area contributed by atoms with E-state index < -0.39 is 29.7 Å². The number of nitriles is 1. The molecule has 37 heavy (non-hydrogen) atoms. The van der Waals surface area contributed by atoms with Gasteiger partial charge in [0.2, 0.25) is 11.9 Å². The van der Waals surface area contributed by atoms with Crippen LogP contribution in [0.1, 0.15) is 28.9 Å². The zero-order chi connectivity index (χ0) is 26.4. The molecule has 1 aliphatic heterocycles.